The van der Waals surface area contributed by atoms with E-state index in [4.69, 9.17) is 0 Å². The fraction of sp³-hybridized carbons (Fsp3) is 0.296. The van der Waals surface area contributed by atoms with Crippen molar-refractivity contribution < 1.29 is 33.7 Å². The number of allylic oxidation sites excluding steroid dienone is 10. The smallest absolute Gasteiger partial charge is 0.185 e. The molecule has 4 atom stereocenters. The minimum atomic E-state index is -3.90. The van der Waals surface area contributed by atoms with Crippen molar-refractivity contribution in [3.05, 3.63) is 203 Å². The molecule has 0 N–H and O–H groups in total. The Kier molecular flexibility index (Phi) is 19.5. The molecule has 4 aromatic carbocycles. The topological polar surface area (TPSA) is 137 Å². The summed E-state index contributed by atoms with van der Waals surface area (Å²) in [5.74, 6) is 0. The van der Waals surface area contributed by atoms with Gasteiger partial charge in [0.1, 0.15) is 0 Å². The Morgan fingerprint density at radius 2 is 0.545 bits per heavy atom. The molecule has 4 aromatic rings. The number of hydrogen-bond donors (Lipinski definition) is 0. The van der Waals surface area contributed by atoms with E-state index in [9.17, 15) is 33.7 Å². The first-order chi connectivity index (χ1) is 31.0. The third-order valence-corrected chi connectivity index (χ3v) is 18.9. The normalized spacial score (nSPS) is 15.5. The SMILES string of the molecule is CC(C)=CC(CC(C)=CC(CC(C)=CC=CC=C(C)CC(C=C(C)CC(C=C(C)C)S(=O)(=O)c1ccccc1)S(=O)(=O)c1ccccc1)S(=O)(=O)c1ccccc1)S(=O)(=O)c1ccccc1. The lowest BCUT2D eigenvalue weighted by Crippen LogP contribution is -2.23. The van der Waals surface area contributed by atoms with Crippen LogP contribution in [0.3, 0.4) is 0 Å². The van der Waals surface area contributed by atoms with Crippen LogP contribution in [0.5, 0.6) is 0 Å². The second kappa shape index (κ2) is 24.1. The maximum absolute atomic E-state index is 14.2. The van der Waals surface area contributed by atoms with Gasteiger partial charge in [0.25, 0.3) is 0 Å². The molecule has 0 aliphatic rings. The van der Waals surface area contributed by atoms with Crippen LogP contribution in [0, 0.1) is 0 Å². The number of benzene rings is 4. The van der Waals surface area contributed by atoms with Crippen LogP contribution >= 0.6 is 0 Å². The van der Waals surface area contributed by atoms with Crippen LogP contribution in [0.25, 0.3) is 0 Å². The van der Waals surface area contributed by atoms with Crippen molar-refractivity contribution in [2.75, 3.05) is 0 Å². The summed E-state index contributed by atoms with van der Waals surface area (Å²) >= 11 is 0. The Morgan fingerprint density at radius 3 is 0.773 bits per heavy atom. The number of sulfone groups is 4. The van der Waals surface area contributed by atoms with E-state index in [1.165, 1.54) is 0 Å². The first kappa shape index (κ1) is 53.5. The Balaban J connectivity index is 1.63. The van der Waals surface area contributed by atoms with Crippen LogP contribution in [-0.2, 0) is 39.3 Å². The monoisotopic (exact) mass is 968 g/mol. The molecule has 0 heterocycles. The summed E-state index contributed by atoms with van der Waals surface area (Å²) in [5, 5.41) is -3.78. The molecule has 0 fully saturated rings. The van der Waals surface area contributed by atoms with Gasteiger partial charge in [0.15, 0.2) is 39.3 Å². The minimum Gasteiger partial charge on any atom is -0.223 e. The van der Waals surface area contributed by atoms with E-state index in [-0.39, 0.29) is 45.3 Å². The molecule has 66 heavy (non-hydrogen) atoms. The first-order valence-corrected chi connectivity index (χ1v) is 28.0. The first-order valence-electron chi connectivity index (χ1n) is 21.8. The number of rotatable bonds is 22. The summed E-state index contributed by atoms with van der Waals surface area (Å²) < 4.78 is 112. The van der Waals surface area contributed by atoms with Crippen LogP contribution in [0.15, 0.2) is 223 Å². The summed E-state index contributed by atoms with van der Waals surface area (Å²) in [6.07, 6.45) is 14.4. The molecule has 0 bridgehead atoms. The van der Waals surface area contributed by atoms with Crippen LogP contribution < -0.4 is 0 Å². The summed E-state index contributed by atoms with van der Waals surface area (Å²) in [6.45, 7) is 14.5. The molecular weight excluding hydrogens is 905 g/mol. The van der Waals surface area contributed by atoms with Crippen molar-refractivity contribution in [2.45, 2.75) is 122 Å². The highest BCUT2D eigenvalue weighted by Gasteiger charge is 2.31. The quantitative estimate of drug-likeness (QED) is 0.0561. The molecule has 4 unspecified atom stereocenters. The fourth-order valence-corrected chi connectivity index (χ4v) is 14.7. The highest BCUT2D eigenvalue weighted by molar-refractivity contribution is 7.93. The average molecular weight is 969 g/mol. The third kappa shape index (κ3) is 15.2. The van der Waals surface area contributed by atoms with Crippen molar-refractivity contribution >= 4 is 39.3 Å². The van der Waals surface area contributed by atoms with Crippen molar-refractivity contribution in [3.63, 3.8) is 0 Å². The lowest BCUT2D eigenvalue weighted by atomic mass is 10.0. The van der Waals surface area contributed by atoms with Gasteiger partial charge in [-0.3, -0.25) is 0 Å². The molecule has 0 radical (unpaired) electrons. The van der Waals surface area contributed by atoms with E-state index in [0.29, 0.717) is 11.1 Å². The lowest BCUT2D eigenvalue weighted by molar-refractivity contribution is 0.583. The van der Waals surface area contributed by atoms with Gasteiger partial charge in [0.05, 0.1) is 40.6 Å². The zero-order valence-electron chi connectivity index (χ0n) is 39.2. The zero-order chi connectivity index (χ0) is 48.7. The summed E-state index contributed by atoms with van der Waals surface area (Å²) in [4.78, 5) is 0.717. The van der Waals surface area contributed by atoms with E-state index in [1.807, 2.05) is 53.7 Å². The van der Waals surface area contributed by atoms with Gasteiger partial charge in [-0.05, 0) is 130 Å². The molecular formula is C54H64O8S4. The van der Waals surface area contributed by atoms with Gasteiger partial charge in [-0.2, -0.15) is 0 Å². The second-order valence-corrected chi connectivity index (χ2v) is 26.0. The van der Waals surface area contributed by atoms with E-state index < -0.39 is 60.3 Å². The Hall–Kier alpha value is -5.14. The molecule has 0 amide bonds. The molecule has 0 saturated heterocycles. The third-order valence-electron chi connectivity index (χ3n) is 10.8. The van der Waals surface area contributed by atoms with Crippen LogP contribution in [0.2, 0.25) is 0 Å². The predicted molar refractivity (Wildman–Crippen MR) is 271 cm³/mol. The molecule has 0 aromatic heterocycles. The highest BCUT2D eigenvalue weighted by atomic mass is 32.2. The maximum atomic E-state index is 14.2. The molecule has 0 saturated carbocycles. The van der Waals surface area contributed by atoms with Crippen molar-refractivity contribution in [1.29, 1.82) is 0 Å². The molecule has 352 valence electrons. The molecule has 0 spiro atoms. The summed E-state index contributed by atoms with van der Waals surface area (Å²) in [7, 11) is -15.3. The van der Waals surface area contributed by atoms with Crippen LogP contribution in [0.4, 0.5) is 0 Å². The van der Waals surface area contributed by atoms with Gasteiger partial charge < -0.3 is 0 Å². The minimum absolute atomic E-state index is 0.106. The maximum Gasteiger partial charge on any atom is 0.185 e. The van der Waals surface area contributed by atoms with Crippen molar-refractivity contribution in [2.24, 2.45) is 0 Å². The van der Waals surface area contributed by atoms with Crippen molar-refractivity contribution in [3.8, 4) is 0 Å². The highest BCUT2D eigenvalue weighted by Crippen LogP contribution is 2.30. The molecule has 0 aliphatic heterocycles. The van der Waals surface area contributed by atoms with Gasteiger partial charge in [-0.15, -0.1) is 0 Å². The van der Waals surface area contributed by atoms with Gasteiger partial charge in [0, 0.05) is 0 Å². The van der Waals surface area contributed by atoms with Crippen LogP contribution in [-0.4, -0.2) is 54.7 Å². The largest absolute Gasteiger partial charge is 0.223 e. The zero-order valence-corrected chi connectivity index (χ0v) is 42.5. The van der Waals surface area contributed by atoms with E-state index >= 15 is 0 Å². The lowest BCUT2D eigenvalue weighted by Gasteiger charge is -2.19. The summed E-state index contributed by atoms with van der Waals surface area (Å²) in [5.41, 5.74) is 4.41. The van der Waals surface area contributed by atoms with Gasteiger partial charge in [0.2, 0.25) is 0 Å². The number of hydrogen-bond acceptors (Lipinski definition) is 8. The van der Waals surface area contributed by atoms with Gasteiger partial charge in [-0.1, -0.05) is 155 Å². The van der Waals surface area contributed by atoms with Gasteiger partial charge >= 0.3 is 0 Å². The van der Waals surface area contributed by atoms with E-state index in [1.54, 1.807) is 172 Å². The molecule has 4 rings (SSSR count). The van der Waals surface area contributed by atoms with Gasteiger partial charge in [-0.25, -0.2) is 33.7 Å². The Labute approximate surface area is 395 Å². The van der Waals surface area contributed by atoms with Crippen molar-refractivity contribution in [1.82, 2.24) is 0 Å². The Bertz CT molecular complexity index is 2720. The van der Waals surface area contributed by atoms with E-state index in [2.05, 4.69) is 0 Å². The van der Waals surface area contributed by atoms with E-state index in [0.717, 1.165) is 22.3 Å². The average Bonchev–Trinajstić information content (AvgIpc) is 3.27. The fourth-order valence-electron chi connectivity index (χ4n) is 7.53. The molecule has 0 aliphatic carbocycles. The second-order valence-electron chi connectivity index (χ2n) is 17.3. The predicted octanol–water partition coefficient (Wildman–Crippen LogP) is 12.2. The molecule has 8 nitrogen and oxygen atoms in total. The van der Waals surface area contributed by atoms with Crippen LogP contribution in [0.1, 0.15) is 81.1 Å². The summed E-state index contributed by atoms with van der Waals surface area (Å²) in [6, 6.07) is 32.9. The Morgan fingerprint density at radius 1 is 0.333 bits per heavy atom. The standard InChI is InChI=1S/C54H64O8S4/c1-41(2)33-51(63(55,56)47-25-13-9-14-26-47)37-45(7)39-53(65(59,60)49-29-17-11-18-30-49)35-43(5)23-21-22-24-44(6)36-54(66(61,62)50-31-19-12-20-32-50)40-46(8)38-52(34-42(3)4)64(57,58)48-27-15-10-16-28-48/h9-34,39-40,51-54H,35-38H2,1-8H3. The molecule has 12 heteroatoms.